The number of aromatic nitrogens is 2. The van der Waals surface area contributed by atoms with Crippen molar-refractivity contribution >= 4 is 11.6 Å². The zero-order chi connectivity index (χ0) is 13.1. The molecule has 0 spiro atoms. The number of anilines is 2. The number of hydrogen-bond donors (Lipinski definition) is 3. The zero-order valence-electron chi connectivity index (χ0n) is 11.5. The molecular formula is C13H23N5. The molecule has 0 radical (unpaired) electrons. The summed E-state index contributed by atoms with van der Waals surface area (Å²) in [7, 11) is 0. The van der Waals surface area contributed by atoms with Crippen LogP contribution in [0, 0.1) is 12.8 Å². The van der Waals surface area contributed by atoms with Crippen molar-refractivity contribution in [2.45, 2.75) is 52.5 Å². The summed E-state index contributed by atoms with van der Waals surface area (Å²) in [4.78, 5) is 9.02. The van der Waals surface area contributed by atoms with Crippen LogP contribution >= 0.6 is 0 Å². The fourth-order valence-corrected chi connectivity index (χ4v) is 2.11. The minimum atomic E-state index is 0.471. The van der Waals surface area contributed by atoms with Crippen LogP contribution in [0.3, 0.4) is 0 Å². The van der Waals surface area contributed by atoms with E-state index in [1.807, 2.05) is 6.92 Å². The Bertz CT molecular complexity index is 414. The molecule has 0 aliphatic heterocycles. The van der Waals surface area contributed by atoms with Gasteiger partial charge in [0, 0.05) is 18.0 Å². The van der Waals surface area contributed by atoms with Crippen LogP contribution in [-0.2, 0) is 6.42 Å². The van der Waals surface area contributed by atoms with Crippen LogP contribution < -0.4 is 16.6 Å². The molecule has 1 aromatic rings. The summed E-state index contributed by atoms with van der Waals surface area (Å²) in [5.74, 6) is 8.80. The van der Waals surface area contributed by atoms with Gasteiger partial charge in [0.25, 0.3) is 0 Å². The number of hydrazine groups is 1. The molecule has 1 saturated carbocycles. The van der Waals surface area contributed by atoms with Gasteiger partial charge in [-0.2, -0.15) is 0 Å². The van der Waals surface area contributed by atoms with Gasteiger partial charge in [0.05, 0.1) is 0 Å². The normalized spacial score (nSPS) is 16.4. The molecule has 1 aromatic heterocycles. The highest BCUT2D eigenvalue weighted by Crippen LogP contribution is 2.34. The topological polar surface area (TPSA) is 75.9 Å². The molecule has 1 heterocycles. The number of nitrogens with two attached hydrogens (primary N) is 1. The standard InChI is InChI=1S/C13H23N5/c1-4-5-11-16-12(8(2)13(17-11)18-14)15-9(3)10-6-7-10/h9-10H,4-7,14H2,1-3H3,(H2,15,16,17,18). The van der Waals surface area contributed by atoms with Gasteiger partial charge in [0.2, 0.25) is 0 Å². The number of nitrogen functional groups attached to an aromatic ring is 1. The molecule has 0 aromatic carbocycles. The summed E-state index contributed by atoms with van der Waals surface area (Å²) in [6.45, 7) is 6.33. The number of rotatable bonds is 6. The summed E-state index contributed by atoms with van der Waals surface area (Å²) in [5.41, 5.74) is 3.65. The Morgan fingerprint density at radius 2 is 2.00 bits per heavy atom. The number of nitrogens with zero attached hydrogens (tertiary/aromatic N) is 2. The molecule has 100 valence electrons. The Balaban J connectivity index is 2.22. The van der Waals surface area contributed by atoms with Crippen molar-refractivity contribution in [1.29, 1.82) is 0 Å². The second-order valence-electron chi connectivity index (χ2n) is 5.13. The lowest BCUT2D eigenvalue weighted by Gasteiger charge is -2.17. The lowest BCUT2D eigenvalue weighted by Crippen LogP contribution is -2.21. The molecule has 1 aliphatic carbocycles. The van der Waals surface area contributed by atoms with E-state index in [1.54, 1.807) is 0 Å². The third-order valence-electron chi connectivity index (χ3n) is 3.50. The smallest absolute Gasteiger partial charge is 0.148 e. The van der Waals surface area contributed by atoms with Crippen LogP contribution in [0.5, 0.6) is 0 Å². The van der Waals surface area contributed by atoms with Crippen molar-refractivity contribution in [3.8, 4) is 0 Å². The molecule has 0 saturated heterocycles. The van der Waals surface area contributed by atoms with Gasteiger partial charge in [-0.05, 0) is 39.0 Å². The van der Waals surface area contributed by atoms with Crippen molar-refractivity contribution in [3.63, 3.8) is 0 Å². The van der Waals surface area contributed by atoms with Gasteiger partial charge in [-0.15, -0.1) is 0 Å². The maximum absolute atomic E-state index is 5.52. The van der Waals surface area contributed by atoms with Gasteiger partial charge in [-0.25, -0.2) is 15.8 Å². The molecule has 1 atom stereocenters. The molecule has 4 N–H and O–H groups in total. The highest BCUT2D eigenvalue weighted by Gasteiger charge is 2.28. The van der Waals surface area contributed by atoms with Gasteiger partial charge in [0.15, 0.2) is 0 Å². The Labute approximate surface area is 109 Å². The van der Waals surface area contributed by atoms with Crippen molar-refractivity contribution in [3.05, 3.63) is 11.4 Å². The Hall–Kier alpha value is -1.36. The van der Waals surface area contributed by atoms with Gasteiger partial charge in [-0.1, -0.05) is 6.92 Å². The summed E-state index contributed by atoms with van der Waals surface area (Å²) in [5, 5.41) is 3.50. The first-order valence-electron chi connectivity index (χ1n) is 6.76. The quantitative estimate of drug-likeness (QED) is 0.532. The highest BCUT2D eigenvalue weighted by atomic mass is 15.3. The molecular weight excluding hydrogens is 226 g/mol. The van der Waals surface area contributed by atoms with E-state index in [0.29, 0.717) is 6.04 Å². The van der Waals surface area contributed by atoms with Crippen LogP contribution in [0.2, 0.25) is 0 Å². The van der Waals surface area contributed by atoms with E-state index in [2.05, 4.69) is 34.6 Å². The second-order valence-corrected chi connectivity index (χ2v) is 5.13. The predicted octanol–water partition coefficient (Wildman–Crippen LogP) is 2.23. The van der Waals surface area contributed by atoms with Crippen LogP contribution in [0.15, 0.2) is 0 Å². The Morgan fingerprint density at radius 3 is 2.56 bits per heavy atom. The third-order valence-corrected chi connectivity index (χ3v) is 3.50. The summed E-state index contributed by atoms with van der Waals surface area (Å²) in [6.07, 6.45) is 4.55. The fourth-order valence-electron chi connectivity index (χ4n) is 2.11. The number of aryl methyl sites for hydroxylation is 1. The highest BCUT2D eigenvalue weighted by molar-refractivity contribution is 5.57. The van der Waals surface area contributed by atoms with Crippen molar-refractivity contribution in [2.75, 3.05) is 10.7 Å². The van der Waals surface area contributed by atoms with E-state index < -0.39 is 0 Å². The second kappa shape index (κ2) is 5.52. The summed E-state index contributed by atoms with van der Waals surface area (Å²) < 4.78 is 0. The average molecular weight is 249 g/mol. The molecule has 2 rings (SSSR count). The van der Waals surface area contributed by atoms with Crippen molar-refractivity contribution in [1.82, 2.24) is 9.97 Å². The molecule has 0 amide bonds. The summed E-state index contributed by atoms with van der Waals surface area (Å²) >= 11 is 0. The minimum absolute atomic E-state index is 0.471. The first kappa shape index (κ1) is 13.1. The molecule has 18 heavy (non-hydrogen) atoms. The Morgan fingerprint density at radius 1 is 1.33 bits per heavy atom. The minimum Gasteiger partial charge on any atom is -0.367 e. The molecule has 1 unspecified atom stereocenters. The Kier molecular flexibility index (Phi) is 4.01. The first-order chi connectivity index (χ1) is 8.65. The van der Waals surface area contributed by atoms with Gasteiger partial charge >= 0.3 is 0 Å². The predicted molar refractivity (Wildman–Crippen MR) is 74.4 cm³/mol. The van der Waals surface area contributed by atoms with E-state index >= 15 is 0 Å². The van der Waals surface area contributed by atoms with E-state index in [-0.39, 0.29) is 0 Å². The monoisotopic (exact) mass is 249 g/mol. The van der Waals surface area contributed by atoms with Crippen LogP contribution in [0.1, 0.15) is 44.5 Å². The maximum Gasteiger partial charge on any atom is 0.148 e. The zero-order valence-corrected chi connectivity index (χ0v) is 11.5. The fraction of sp³-hybridized carbons (Fsp3) is 0.692. The van der Waals surface area contributed by atoms with Crippen molar-refractivity contribution in [2.24, 2.45) is 11.8 Å². The van der Waals surface area contributed by atoms with E-state index in [1.165, 1.54) is 12.8 Å². The van der Waals surface area contributed by atoms with E-state index in [0.717, 1.165) is 41.8 Å². The van der Waals surface area contributed by atoms with Crippen LogP contribution in [0.4, 0.5) is 11.6 Å². The van der Waals surface area contributed by atoms with Crippen LogP contribution in [0.25, 0.3) is 0 Å². The van der Waals surface area contributed by atoms with Gasteiger partial charge < -0.3 is 10.7 Å². The SMILES string of the molecule is CCCc1nc(NN)c(C)c(NC(C)C2CC2)n1. The lowest BCUT2D eigenvalue weighted by atomic mass is 10.2. The maximum atomic E-state index is 5.52. The largest absolute Gasteiger partial charge is 0.367 e. The molecule has 0 bridgehead atoms. The molecule has 1 aliphatic rings. The van der Waals surface area contributed by atoms with Gasteiger partial charge in [0.1, 0.15) is 17.5 Å². The van der Waals surface area contributed by atoms with E-state index in [9.17, 15) is 0 Å². The number of hydrogen-bond acceptors (Lipinski definition) is 5. The van der Waals surface area contributed by atoms with E-state index in [4.69, 9.17) is 5.84 Å². The van der Waals surface area contributed by atoms with Crippen LogP contribution in [-0.4, -0.2) is 16.0 Å². The third kappa shape index (κ3) is 2.90. The number of nitrogens with one attached hydrogen (secondary N) is 2. The average Bonchev–Trinajstić information content (AvgIpc) is 3.17. The first-order valence-corrected chi connectivity index (χ1v) is 6.76. The lowest BCUT2D eigenvalue weighted by molar-refractivity contribution is 0.687. The van der Waals surface area contributed by atoms with Gasteiger partial charge in [-0.3, -0.25) is 0 Å². The molecule has 5 nitrogen and oxygen atoms in total. The van der Waals surface area contributed by atoms with Crippen molar-refractivity contribution < 1.29 is 0 Å². The summed E-state index contributed by atoms with van der Waals surface area (Å²) in [6, 6.07) is 0.471. The molecule has 5 heteroatoms. The molecule has 1 fully saturated rings.